The van der Waals surface area contributed by atoms with Crippen LogP contribution in [0, 0.1) is 0 Å². The van der Waals surface area contributed by atoms with E-state index in [2.05, 4.69) is 37.4 Å². The molecule has 0 spiro atoms. The maximum atomic E-state index is 12.1. The summed E-state index contributed by atoms with van der Waals surface area (Å²) in [6.07, 6.45) is 1.97. The van der Waals surface area contributed by atoms with Crippen LogP contribution in [0.25, 0.3) is 0 Å². The number of carbonyl (C=O) groups is 1. The van der Waals surface area contributed by atoms with E-state index in [1.807, 2.05) is 0 Å². The first-order chi connectivity index (χ1) is 10.1. The van der Waals surface area contributed by atoms with Crippen molar-refractivity contribution in [3.8, 4) is 0 Å². The summed E-state index contributed by atoms with van der Waals surface area (Å²) in [5.41, 5.74) is 4.40. The van der Waals surface area contributed by atoms with Crippen LogP contribution >= 0.6 is 11.6 Å². The zero-order valence-corrected chi connectivity index (χ0v) is 13.2. The van der Waals surface area contributed by atoms with Crippen LogP contribution in [0.5, 0.6) is 0 Å². The second-order valence-electron chi connectivity index (χ2n) is 5.00. The number of aryl methyl sites for hydroxylation is 2. The molecule has 3 heteroatoms. The molecule has 0 heterocycles. The predicted molar refractivity (Wildman–Crippen MR) is 87.8 cm³/mol. The zero-order chi connectivity index (χ0) is 15.2. The van der Waals surface area contributed by atoms with Crippen LogP contribution in [0.1, 0.15) is 40.9 Å². The molecule has 2 rings (SSSR count). The molecule has 1 amide bonds. The lowest BCUT2D eigenvalue weighted by Gasteiger charge is -2.11. The molecule has 0 radical (unpaired) electrons. The fourth-order valence-corrected chi connectivity index (χ4v) is 2.41. The van der Waals surface area contributed by atoms with Crippen LogP contribution in [-0.2, 0) is 19.4 Å². The zero-order valence-electron chi connectivity index (χ0n) is 12.4. The summed E-state index contributed by atoms with van der Waals surface area (Å²) in [5.74, 6) is -0.0735. The normalized spacial score (nSPS) is 10.4. The van der Waals surface area contributed by atoms with Crippen molar-refractivity contribution in [1.82, 2.24) is 5.32 Å². The SMILES string of the molecule is CCc1ccc(CC)c(CNC(=O)c2ccc(Cl)cc2)c1. The number of hydrogen-bond donors (Lipinski definition) is 1. The minimum absolute atomic E-state index is 0.0735. The highest BCUT2D eigenvalue weighted by molar-refractivity contribution is 6.30. The summed E-state index contributed by atoms with van der Waals surface area (Å²) in [6, 6.07) is 13.4. The van der Waals surface area contributed by atoms with E-state index in [1.54, 1.807) is 24.3 Å². The number of halogens is 1. The summed E-state index contributed by atoms with van der Waals surface area (Å²) >= 11 is 5.83. The van der Waals surface area contributed by atoms with Gasteiger partial charge in [0.2, 0.25) is 0 Å². The standard InChI is InChI=1S/C18H20ClNO/c1-3-13-5-6-14(4-2)16(11-13)12-20-18(21)15-7-9-17(19)10-8-15/h5-11H,3-4,12H2,1-2H3,(H,20,21). The van der Waals surface area contributed by atoms with Crippen molar-refractivity contribution in [3.63, 3.8) is 0 Å². The quantitative estimate of drug-likeness (QED) is 0.871. The summed E-state index contributed by atoms with van der Waals surface area (Å²) in [5, 5.41) is 3.61. The molecule has 1 N–H and O–H groups in total. The lowest BCUT2D eigenvalue weighted by molar-refractivity contribution is 0.0951. The van der Waals surface area contributed by atoms with Crippen LogP contribution < -0.4 is 5.32 Å². The molecule has 0 aliphatic rings. The predicted octanol–water partition coefficient (Wildman–Crippen LogP) is 4.39. The van der Waals surface area contributed by atoms with Crippen LogP contribution in [-0.4, -0.2) is 5.91 Å². The van der Waals surface area contributed by atoms with Crippen molar-refractivity contribution < 1.29 is 4.79 Å². The van der Waals surface area contributed by atoms with Crippen molar-refractivity contribution in [1.29, 1.82) is 0 Å². The molecule has 110 valence electrons. The van der Waals surface area contributed by atoms with Gasteiger partial charge >= 0.3 is 0 Å². The number of benzene rings is 2. The Kier molecular flexibility index (Phi) is 5.40. The van der Waals surface area contributed by atoms with E-state index in [-0.39, 0.29) is 5.91 Å². The summed E-state index contributed by atoms with van der Waals surface area (Å²) < 4.78 is 0. The highest BCUT2D eigenvalue weighted by atomic mass is 35.5. The second kappa shape index (κ2) is 7.28. The molecular formula is C18H20ClNO. The third-order valence-corrected chi connectivity index (χ3v) is 3.86. The molecule has 0 fully saturated rings. The highest BCUT2D eigenvalue weighted by Gasteiger charge is 2.07. The van der Waals surface area contributed by atoms with Gasteiger partial charge in [-0.15, -0.1) is 0 Å². The summed E-state index contributed by atoms with van der Waals surface area (Å²) in [4.78, 5) is 12.1. The first kappa shape index (κ1) is 15.6. The Labute approximate surface area is 131 Å². The Hall–Kier alpha value is -1.80. The average Bonchev–Trinajstić information content (AvgIpc) is 2.52. The molecule has 0 atom stereocenters. The highest BCUT2D eigenvalue weighted by Crippen LogP contribution is 2.14. The number of carbonyl (C=O) groups excluding carboxylic acids is 1. The van der Waals surface area contributed by atoms with E-state index in [9.17, 15) is 4.79 Å². The Morgan fingerprint density at radius 1 is 1.00 bits per heavy atom. The largest absolute Gasteiger partial charge is 0.348 e. The van der Waals surface area contributed by atoms with Crippen LogP contribution in [0.4, 0.5) is 0 Å². The van der Waals surface area contributed by atoms with Gasteiger partial charge in [0, 0.05) is 17.1 Å². The molecule has 21 heavy (non-hydrogen) atoms. The Balaban J connectivity index is 2.08. The van der Waals surface area contributed by atoms with Gasteiger partial charge in [-0.05, 0) is 53.8 Å². The van der Waals surface area contributed by atoms with E-state index in [0.717, 1.165) is 12.8 Å². The molecule has 0 saturated carbocycles. The van der Waals surface area contributed by atoms with E-state index >= 15 is 0 Å². The molecule has 0 aromatic heterocycles. The Morgan fingerprint density at radius 3 is 2.33 bits per heavy atom. The fraction of sp³-hybridized carbons (Fsp3) is 0.278. The van der Waals surface area contributed by atoms with Gasteiger partial charge in [0.05, 0.1) is 0 Å². The van der Waals surface area contributed by atoms with E-state index in [1.165, 1.54) is 16.7 Å². The maximum absolute atomic E-state index is 12.1. The smallest absolute Gasteiger partial charge is 0.251 e. The average molecular weight is 302 g/mol. The van der Waals surface area contributed by atoms with E-state index < -0.39 is 0 Å². The Morgan fingerprint density at radius 2 is 1.71 bits per heavy atom. The molecule has 2 aromatic rings. The van der Waals surface area contributed by atoms with Crippen molar-refractivity contribution >= 4 is 17.5 Å². The van der Waals surface area contributed by atoms with Crippen LogP contribution in [0.3, 0.4) is 0 Å². The summed E-state index contributed by atoms with van der Waals surface area (Å²) in [6.45, 7) is 4.82. The van der Waals surface area contributed by atoms with Gasteiger partial charge in [0.25, 0.3) is 5.91 Å². The topological polar surface area (TPSA) is 29.1 Å². The third-order valence-electron chi connectivity index (χ3n) is 3.61. The monoisotopic (exact) mass is 301 g/mol. The van der Waals surface area contributed by atoms with Crippen molar-refractivity contribution in [3.05, 3.63) is 69.7 Å². The molecule has 0 bridgehead atoms. The Bertz CT molecular complexity index is 620. The molecular weight excluding hydrogens is 282 g/mol. The van der Waals surface area contributed by atoms with Gasteiger partial charge in [-0.1, -0.05) is 43.6 Å². The van der Waals surface area contributed by atoms with Crippen LogP contribution in [0.2, 0.25) is 5.02 Å². The lowest BCUT2D eigenvalue weighted by atomic mass is 10.0. The molecule has 0 aliphatic heterocycles. The lowest BCUT2D eigenvalue weighted by Crippen LogP contribution is -2.23. The molecule has 0 unspecified atom stereocenters. The minimum Gasteiger partial charge on any atom is -0.348 e. The number of rotatable bonds is 5. The van der Waals surface area contributed by atoms with Gasteiger partial charge in [-0.3, -0.25) is 4.79 Å². The summed E-state index contributed by atoms with van der Waals surface area (Å²) in [7, 11) is 0. The first-order valence-electron chi connectivity index (χ1n) is 7.28. The second-order valence-corrected chi connectivity index (χ2v) is 5.44. The van der Waals surface area contributed by atoms with Gasteiger partial charge < -0.3 is 5.32 Å². The van der Waals surface area contributed by atoms with Crippen molar-refractivity contribution in [2.45, 2.75) is 33.2 Å². The van der Waals surface area contributed by atoms with E-state index in [4.69, 9.17) is 11.6 Å². The third kappa shape index (κ3) is 4.08. The molecule has 2 nitrogen and oxygen atoms in total. The van der Waals surface area contributed by atoms with Crippen molar-refractivity contribution in [2.75, 3.05) is 0 Å². The number of hydrogen-bond acceptors (Lipinski definition) is 1. The van der Waals surface area contributed by atoms with Gasteiger partial charge in [-0.25, -0.2) is 0 Å². The van der Waals surface area contributed by atoms with Gasteiger partial charge in [0.15, 0.2) is 0 Å². The molecule has 0 aliphatic carbocycles. The van der Waals surface area contributed by atoms with Crippen molar-refractivity contribution in [2.24, 2.45) is 0 Å². The maximum Gasteiger partial charge on any atom is 0.251 e. The van der Waals surface area contributed by atoms with Gasteiger partial charge in [0.1, 0.15) is 0 Å². The first-order valence-corrected chi connectivity index (χ1v) is 7.66. The van der Waals surface area contributed by atoms with Gasteiger partial charge in [-0.2, -0.15) is 0 Å². The molecule has 0 saturated heterocycles. The minimum atomic E-state index is -0.0735. The van der Waals surface area contributed by atoms with E-state index in [0.29, 0.717) is 17.1 Å². The number of amides is 1. The molecule has 2 aromatic carbocycles. The fourth-order valence-electron chi connectivity index (χ4n) is 2.29. The number of nitrogens with one attached hydrogen (secondary N) is 1. The van der Waals surface area contributed by atoms with Crippen LogP contribution in [0.15, 0.2) is 42.5 Å².